The summed E-state index contributed by atoms with van der Waals surface area (Å²) in [4.78, 5) is 2.10. The summed E-state index contributed by atoms with van der Waals surface area (Å²) in [7, 11) is 0. The summed E-state index contributed by atoms with van der Waals surface area (Å²) < 4.78 is 38.7. The maximum atomic E-state index is 12.9. The lowest BCUT2D eigenvalue weighted by Gasteiger charge is -2.32. The summed E-state index contributed by atoms with van der Waals surface area (Å²) in [5.74, 6) is 0. The Bertz CT molecular complexity index is 725. The first-order chi connectivity index (χ1) is 10.9. The van der Waals surface area contributed by atoms with Gasteiger partial charge in [-0.15, -0.1) is 0 Å². The summed E-state index contributed by atoms with van der Waals surface area (Å²) in [6.07, 6.45) is -3.58. The number of fused-ring (bicyclic) bond motifs is 1. The standard InChI is InChI=1S/C18H18F3NO/c1-12-8-13(11-23)2-5-17(12)22-7-6-14-3-4-16(18(19,20)21)9-15(14)10-22/h2-5,8-9,23H,6-7,10-11H2,1H3. The second kappa shape index (κ2) is 5.89. The minimum Gasteiger partial charge on any atom is -0.392 e. The molecule has 5 heteroatoms. The van der Waals surface area contributed by atoms with E-state index in [1.807, 2.05) is 25.1 Å². The molecule has 122 valence electrons. The van der Waals surface area contributed by atoms with Crippen molar-refractivity contribution < 1.29 is 18.3 Å². The summed E-state index contributed by atoms with van der Waals surface area (Å²) in [6, 6.07) is 9.71. The third-order valence-corrected chi connectivity index (χ3v) is 4.33. The third-order valence-electron chi connectivity index (χ3n) is 4.33. The minimum absolute atomic E-state index is 0.0150. The first-order valence-electron chi connectivity index (χ1n) is 7.53. The summed E-state index contributed by atoms with van der Waals surface area (Å²) >= 11 is 0. The summed E-state index contributed by atoms with van der Waals surface area (Å²) in [5, 5.41) is 9.18. The molecule has 1 heterocycles. The Labute approximate surface area is 133 Å². The quantitative estimate of drug-likeness (QED) is 0.901. The van der Waals surface area contributed by atoms with Crippen LogP contribution in [0.4, 0.5) is 18.9 Å². The molecule has 0 unspecified atom stereocenters. The van der Waals surface area contributed by atoms with E-state index in [9.17, 15) is 18.3 Å². The van der Waals surface area contributed by atoms with Crippen LogP contribution in [0.15, 0.2) is 36.4 Å². The number of aryl methyl sites for hydroxylation is 1. The summed E-state index contributed by atoms with van der Waals surface area (Å²) in [6.45, 7) is 3.19. The predicted octanol–water partition coefficient (Wildman–Crippen LogP) is 4.07. The van der Waals surface area contributed by atoms with Crippen LogP contribution in [0.25, 0.3) is 0 Å². The fourth-order valence-corrected chi connectivity index (χ4v) is 3.11. The maximum Gasteiger partial charge on any atom is 0.416 e. The highest BCUT2D eigenvalue weighted by Crippen LogP contribution is 2.33. The lowest BCUT2D eigenvalue weighted by atomic mass is 9.96. The van der Waals surface area contributed by atoms with E-state index in [0.29, 0.717) is 6.54 Å². The van der Waals surface area contributed by atoms with E-state index in [1.165, 1.54) is 6.07 Å². The minimum atomic E-state index is -4.31. The van der Waals surface area contributed by atoms with Crippen LogP contribution in [0.5, 0.6) is 0 Å². The molecule has 0 aliphatic carbocycles. The Morgan fingerprint density at radius 1 is 1.09 bits per heavy atom. The molecule has 1 N–H and O–H groups in total. The van der Waals surface area contributed by atoms with Crippen molar-refractivity contribution in [3.8, 4) is 0 Å². The second-order valence-electron chi connectivity index (χ2n) is 5.93. The average Bonchev–Trinajstić information content (AvgIpc) is 2.52. The number of halogens is 3. The van der Waals surface area contributed by atoms with E-state index < -0.39 is 11.7 Å². The van der Waals surface area contributed by atoms with Gasteiger partial charge in [0.05, 0.1) is 12.2 Å². The van der Waals surface area contributed by atoms with Crippen LogP contribution in [0.1, 0.15) is 27.8 Å². The largest absolute Gasteiger partial charge is 0.416 e. The molecule has 1 aliphatic heterocycles. The fraction of sp³-hybridized carbons (Fsp3) is 0.333. The van der Waals surface area contributed by atoms with Crippen molar-refractivity contribution in [1.82, 2.24) is 0 Å². The molecule has 0 spiro atoms. The van der Waals surface area contributed by atoms with Crippen LogP contribution >= 0.6 is 0 Å². The first kappa shape index (κ1) is 15.9. The van der Waals surface area contributed by atoms with Crippen molar-refractivity contribution in [1.29, 1.82) is 0 Å². The predicted molar refractivity (Wildman–Crippen MR) is 83.3 cm³/mol. The van der Waals surface area contributed by atoms with E-state index in [0.717, 1.165) is 47.0 Å². The van der Waals surface area contributed by atoms with E-state index in [4.69, 9.17) is 0 Å². The number of nitrogens with zero attached hydrogens (tertiary/aromatic N) is 1. The lowest BCUT2D eigenvalue weighted by molar-refractivity contribution is -0.137. The van der Waals surface area contributed by atoms with Gasteiger partial charge in [-0.2, -0.15) is 13.2 Å². The Morgan fingerprint density at radius 2 is 1.87 bits per heavy atom. The van der Waals surface area contributed by atoms with Crippen LogP contribution in [-0.2, 0) is 25.7 Å². The molecule has 0 fully saturated rings. The van der Waals surface area contributed by atoms with Gasteiger partial charge in [-0.25, -0.2) is 0 Å². The number of aliphatic hydroxyl groups is 1. The van der Waals surface area contributed by atoms with Gasteiger partial charge < -0.3 is 10.0 Å². The molecule has 0 amide bonds. The van der Waals surface area contributed by atoms with Gasteiger partial charge in [0.15, 0.2) is 0 Å². The molecule has 0 atom stereocenters. The zero-order chi connectivity index (χ0) is 16.6. The van der Waals surface area contributed by atoms with Crippen molar-refractivity contribution in [2.45, 2.75) is 32.7 Å². The highest BCUT2D eigenvalue weighted by atomic mass is 19.4. The molecule has 0 saturated carbocycles. The fourth-order valence-electron chi connectivity index (χ4n) is 3.11. The van der Waals surface area contributed by atoms with Gasteiger partial charge in [0.25, 0.3) is 0 Å². The number of rotatable bonds is 2. The molecule has 0 bridgehead atoms. The molecule has 0 radical (unpaired) electrons. The van der Waals surface area contributed by atoms with E-state index >= 15 is 0 Å². The Hall–Kier alpha value is -2.01. The van der Waals surface area contributed by atoms with Gasteiger partial charge in [0, 0.05) is 18.8 Å². The Kier molecular flexibility index (Phi) is 4.06. The molecular formula is C18H18F3NO. The third kappa shape index (κ3) is 3.20. The van der Waals surface area contributed by atoms with E-state index in [1.54, 1.807) is 6.07 Å². The molecule has 23 heavy (non-hydrogen) atoms. The topological polar surface area (TPSA) is 23.5 Å². The SMILES string of the molecule is Cc1cc(CO)ccc1N1CCc2ccc(C(F)(F)F)cc2C1. The molecule has 2 aromatic rings. The highest BCUT2D eigenvalue weighted by Gasteiger charge is 2.31. The van der Waals surface area contributed by atoms with Gasteiger partial charge in [-0.3, -0.25) is 0 Å². The molecule has 0 saturated heterocycles. The van der Waals surface area contributed by atoms with Crippen LogP contribution in [-0.4, -0.2) is 11.7 Å². The number of benzene rings is 2. The zero-order valence-electron chi connectivity index (χ0n) is 12.8. The summed E-state index contributed by atoms with van der Waals surface area (Å²) in [5.41, 5.74) is 3.99. The van der Waals surface area contributed by atoms with Gasteiger partial charge in [0.1, 0.15) is 0 Å². The number of hydrogen-bond donors (Lipinski definition) is 1. The molecule has 2 nitrogen and oxygen atoms in total. The smallest absolute Gasteiger partial charge is 0.392 e. The number of alkyl halides is 3. The van der Waals surface area contributed by atoms with Crippen molar-refractivity contribution in [2.24, 2.45) is 0 Å². The molecular weight excluding hydrogens is 303 g/mol. The van der Waals surface area contributed by atoms with Crippen LogP contribution in [0, 0.1) is 6.92 Å². The van der Waals surface area contributed by atoms with E-state index in [-0.39, 0.29) is 6.61 Å². The van der Waals surface area contributed by atoms with Gasteiger partial charge in [0.2, 0.25) is 0 Å². The van der Waals surface area contributed by atoms with Crippen LogP contribution in [0.2, 0.25) is 0 Å². The van der Waals surface area contributed by atoms with Crippen molar-refractivity contribution >= 4 is 5.69 Å². The van der Waals surface area contributed by atoms with Gasteiger partial charge in [-0.05, 0) is 53.8 Å². The molecule has 3 rings (SSSR count). The van der Waals surface area contributed by atoms with Crippen LogP contribution < -0.4 is 4.90 Å². The lowest BCUT2D eigenvalue weighted by Crippen LogP contribution is -2.31. The van der Waals surface area contributed by atoms with Crippen molar-refractivity contribution in [3.63, 3.8) is 0 Å². The molecule has 1 aliphatic rings. The first-order valence-corrected chi connectivity index (χ1v) is 7.53. The number of anilines is 1. The van der Waals surface area contributed by atoms with Crippen molar-refractivity contribution in [3.05, 3.63) is 64.2 Å². The second-order valence-corrected chi connectivity index (χ2v) is 5.93. The molecule has 2 aromatic carbocycles. The van der Waals surface area contributed by atoms with Gasteiger partial charge in [-0.1, -0.05) is 18.2 Å². The highest BCUT2D eigenvalue weighted by molar-refractivity contribution is 5.56. The van der Waals surface area contributed by atoms with Gasteiger partial charge >= 0.3 is 6.18 Å². The maximum absolute atomic E-state index is 12.9. The Morgan fingerprint density at radius 3 is 2.52 bits per heavy atom. The molecule has 0 aromatic heterocycles. The monoisotopic (exact) mass is 321 g/mol. The van der Waals surface area contributed by atoms with Crippen LogP contribution in [0.3, 0.4) is 0 Å². The van der Waals surface area contributed by atoms with E-state index in [2.05, 4.69) is 4.90 Å². The van der Waals surface area contributed by atoms with Crippen molar-refractivity contribution in [2.75, 3.05) is 11.4 Å². The normalized spacial score (nSPS) is 14.7. The average molecular weight is 321 g/mol. The number of aliphatic hydroxyl groups excluding tert-OH is 1. The zero-order valence-corrected chi connectivity index (χ0v) is 12.8. The Balaban J connectivity index is 1.90. The number of hydrogen-bond acceptors (Lipinski definition) is 2.